The van der Waals surface area contributed by atoms with E-state index in [-0.39, 0.29) is 42.6 Å². The molecule has 0 saturated heterocycles. The number of hydrogen-bond donors (Lipinski definition) is 2. The van der Waals surface area contributed by atoms with E-state index in [1.807, 2.05) is 6.07 Å². The SMILES string of the molecule is Cl.O=C(O)CC(Cc1nc(CCCc2ccc3c(n2)CCCN3)no1)c1ccc2c(c1)OC(F)(F)O2. The molecular formula is C24H25ClF2N4O5. The van der Waals surface area contributed by atoms with Crippen LogP contribution in [0.5, 0.6) is 11.5 Å². The average molecular weight is 523 g/mol. The zero-order valence-corrected chi connectivity index (χ0v) is 20.0. The minimum Gasteiger partial charge on any atom is -0.481 e. The minimum atomic E-state index is -3.74. The van der Waals surface area contributed by atoms with Crippen LogP contribution >= 0.6 is 12.4 Å². The Labute approximate surface area is 211 Å². The molecule has 4 heterocycles. The zero-order chi connectivity index (χ0) is 24.4. The highest BCUT2D eigenvalue weighted by Gasteiger charge is 2.43. The van der Waals surface area contributed by atoms with Crippen molar-refractivity contribution >= 4 is 24.1 Å². The molecule has 0 aliphatic carbocycles. The first-order chi connectivity index (χ1) is 16.8. The molecule has 1 unspecified atom stereocenters. The number of carbonyl (C=O) groups is 1. The number of ether oxygens (including phenoxy) is 2. The number of carboxylic acids is 1. The Kier molecular flexibility index (Phi) is 7.58. The lowest BCUT2D eigenvalue weighted by atomic mass is 9.92. The van der Waals surface area contributed by atoms with Gasteiger partial charge in [-0.3, -0.25) is 9.78 Å². The van der Waals surface area contributed by atoms with E-state index in [2.05, 4.69) is 31.0 Å². The van der Waals surface area contributed by atoms with Crippen LogP contribution in [0.25, 0.3) is 0 Å². The first-order valence-corrected chi connectivity index (χ1v) is 11.5. The van der Waals surface area contributed by atoms with Crippen LogP contribution in [0, 0.1) is 0 Å². The summed E-state index contributed by atoms with van der Waals surface area (Å²) in [6, 6.07) is 8.34. The van der Waals surface area contributed by atoms with Crippen LogP contribution in [0.2, 0.25) is 0 Å². The third kappa shape index (κ3) is 6.01. The predicted molar refractivity (Wildman–Crippen MR) is 126 cm³/mol. The number of anilines is 1. The van der Waals surface area contributed by atoms with Gasteiger partial charge in [0.2, 0.25) is 5.89 Å². The number of aliphatic carboxylic acids is 1. The molecule has 0 amide bonds. The molecule has 36 heavy (non-hydrogen) atoms. The van der Waals surface area contributed by atoms with Gasteiger partial charge < -0.3 is 24.4 Å². The molecule has 3 aromatic rings. The normalized spacial score (nSPS) is 15.9. The van der Waals surface area contributed by atoms with Crippen molar-refractivity contribution in [3.05, 3.63) is 59.0 Å². The first kappa shape index (κ1) is 25.6. The second kappa shape index (κ2) is 10.7. The van der Waals surface area contributed by atoms with E-state index in [9.17, 15) is 18.7 Å². The van der Waals surface area contributed by atoms with E-state index in [0.717, 1.165) is 49.3 Å². The van der Waals surface area contributed by atoms with Gasteiger partial charge in [0, 0.05) is 31.0 Å². The molecule has 2 aliphatic heterocycles. The molecule has 0 fully saturated rings. The van der Waals surface area contributed by atoms with Gasteiger partial charge >= 0.3 is 12.3 Å². The Balaban J connectivity index is 0.00000304. The van der Waals surface area contributed by atoms with Gasteiger partial charge in [-0.1, -0.05) is 11.2 Å². The van der Waals surface area contributed by atoms with Crippen molar-refractivity contribution in [2.45, 2.75) is 57.2 Å². The second-order valence-electron chi connectivity index (χ2n) is 8.66. The Bertz CT molecular complexity index is 1240. The van der Waals surface area contributed by atoms with Crippen LogP contribution in [0.15, 0.2) is 34.9 Å². The predicted octanol–water partition coefficient (Wildman–Crippen LogP) is 4.54. The van der Waals surface area contributed by atoms with Crippen LogP contribution in [0.4, 0.5) is 14.5 Å². The highest BCUT2D eigenvalue weighted by molar-refractivity contribution is 5.85. The molecule has 192 valence electrons. The standard InChI is InChI=1S/C24H24F2N4O5.ClH/c25-24(26)33-19-9-6-14(11-20(19)34-24)15(13-23(31)32)12-22-29-21(30-35-22)5-1-3-16-7-8-17-18(28-16)4-2-10-27-17;/h6-9,11,15,27H,1-5,10,12-13H2,(H,31,32);1H. The van der Waals surface area contributed by atoms with Crippen molar-refractivity contribution in [1.82, 2.24) is 15.1 Å². The van der Waals surface area contributed by atoms with Gasteiger partial charge in [0.1, 0.15) is 0 Å². The summed E-state index contributed by atoms with van der Waals surface area (Å²) in [5, 5.41) is 16.7. The van der Waals surface area contributed by atoms with E-state index in [0.29, 0.717) is 17.8 Å². The lowest BCUT2D eigenvalue weighted by molar-refractivity contribution is -0.286. The number of benzene rings is 1. The van der Waals surface area contributed by atoms with Gasteiger partial charge in [0.05, 0.1) is 17.8 Å². The maximum Gasteiger partial charge on any atom is 0.586 e. The van der Waals surface area contributed by atoms with Crippen molar-refractivity contribution in [1.29, 1.82) is 0 Å². The number of alkyl halides is 2. The smallest absolute Gasteiger partial charge is 0.481 e. The van der Waals surface area contributed by atoms with E-state index < -0.39 is 18.2 Å². The molecule has 0 bridgehead atoms. The topological polar surface area (TPSA) is 120 Å². The van der Waals surface area contributed by atoms with Crippen LogP contribution < -0.4 is 14.8 Å². The summed E-state index contributed by atoms with van der Waals surface area (Å²) in [5.41, 5.74) is 3.73. The Morgan fingerprint density at radius 2 is 1.97 bits per heavy atom. The second-order valence-corrected chi connectivity index (χ2v) is 8.66. The Morgan fingerprint density at radius 3 is 2.81 bits per heavy atom. The Hall–Kier alpha value is -3.47. The number of nitrogens with one attached hydrogen (secondary N) is 1. The third-order valence-corrected chi connectivity index (χ3v) is 6.02. The van der Waals surface area contributed by atoms with Crippen LogP contribution in [-0.4, -0.2) is 39.0 Å². The van der Waals surface area contributed by atoms with E-state index in [4.69, 9.17) is 9.51 Å². The highest BCUT2D eigenvalue weighted by atomic mass is 35.5. The molecule has 12 heteroatoms. The number of aryl methyl sites for hydroxylation is 3. The van der Waals surface area contributed by atoms with Gasteiger partial charge in [-0.25, -0.2) is 0 Å². The van der Waals surface area contributed by atoms with E-state index in [1.54, 1.807) is 0 Å². The van der Waals surface area contributed by atoms with Gasteiger partial charge in [-0.2, -0.15) is 4.98 Å². The molecule has 2 N–H and O–H groups in total. The highest BCUT2D eigenvalue weighted by Crippen LogP contribution is 2.42. The molecule has 0 saturated carbocycles. The summed E-state index contributed by atoms with van der Waals surface area (Å²) < 4.78 is 40.9. The van der Waals surface area contributed by atoms with Crippen molar-refractivity contribution in [3.63, 3.8) is 0 Å². The number of fused-ring (bicyclic) bond motifs is 2. The molecule has 5 rings (SSSR count). The van der Waals surface area contributed by atoms with Gasteiger partial charge in [0.25, 0.3) is 0 Å². The van der Waals surface area contributed by atoms with Crippen molar-refractivity contribution < 1.29 is 32.7 Å². The van der Waals surface area contributed by atoms with Crippen molar-refractivity contribution in [2.75, 3.05) is 11.9 Å². The number of halogens is 3. The number of carboxylic acid groups (broad SMARTS) is 1. The monoisotopic (exact) mass is 522 g/mol. The van der Waals surface area contributed by atoms with Crippen LogP contribution in [0.3, 0.4) is 0 Å². The minimum absolute atomic E-state index is 0. The van der Waals surface area contributed by atoms with E-state index in [1.165, 1.54) is 18.2 Å². The van der Waals surface area contributed by atoms with Gasteiger partial charge in [-0.15, -0.1) is 21.2 Å². The summed E-state index contributed by atoms with van der Waals surface area (Å²) in [6.45, 7) is 0.978. The fourth-order valence-electron chi connectivity index (χ4n) is 4.37. The number of rotatable bonds is 9. The number of pyridine rings is 1. The van der Waals surface area contributed by atoms with Crippen LogP contribution in [0.1, 0.15) is 53.8 Å². The summed E-state index contributed by atoms with van der Waals surface area (Å²) in [6.07, 6.45) is 0.374. The summed E-state index contributed by atoms with van der Waals surface area (Å²) in [5.74, 6) is -1.03. The molecule has 0 spiro atoms. The number of hydrogen-bond acceptors (Lipinski definition) is 8. The average Bonchev–Trinajstić information content (AvgIpc) is 3.39. The quantitative estimate of drug-likeness (QED) is 0.417. The fraction of sp³-hybridized carbons (Fsp3) is 0.417. The summed E-state index contributed by atoms with van der Waals surface area (Å²) >= 11 is 0. The van der Waals surface area contributed by atoms with Gasteiger partial charge in [0.15, 0.2) is 17.3 Å². The van der Waals surface area contributed by atoms with Crippen molar-refractivity contribution in [2.24, 2.45) is 0 Å². The maximum atomic E-state index is 13.3. The molecular weight excluding hydrogens is 498 g/mol. The third-order valence-electron chi connectivity index (χ3n) is 6.02. The van der Waals surface area contributed by atoms with Gasteiger partial charge in [-0.05, 0) is 55.5 Å². The maximum absolute atomic E-state index is 13.3. The first-order valence-electron chi connectivity index (χ1n) is 11.5. The Morgan fingerprint density at radius 1 is 1.14 bits per heavy atom. The lowest BCUT2D eigenvalue weighted by Crippen LogP contribution is -2.25. The van der Waals surface area contributed by atoms with Crippen molar-refractivity contribution in [3.8, 4) is 11.5 Å². The largest absolute Gasteiger partial charge is 0.586 e. The fourth-order valence-corrected chi connectivity index (χ4v) is 4.37. The molecule has 1 aromatic carbocycles. The summed E-state index contributed by atoms with van der Waals surface area (Å²) in [4.78, 5) is 20.6. The molecule has 2 aliphatic rings. The molecule has 1 atom stereocenters. The summed E-state index contributed by atoms with van der Waals surface area (Å²) in [7, 11) is 0. The zero-order valence-electron chi connectivity index (χ0n) is 19.2. The molecule has 2 aromatic heterocycles. The molecule has 0 radical (unpaired) electrons. The van der Waals surface area contributed by atoms with Crippen LogP contribution in [-0.2, 0) is 30.5 Å². The number of nitrogens with zero attached hydrogens (tertiary/aromatic N) is 3. The molecule has 9 nitrogen and oxygen atoms in total. The van der Waals surface area contributed by atoms with E-state index >= 15 is 0 Å². The lowest BCUT2D eigenvalue weighted by Gasteiger charge is -2.17. The number of aromatic nitrogens is 3.